The van der Waals surface area contributed by atoms with Gasteiger partial charge in [-0.3, -0.25) is 4.68 Å². The van der Waals surface area contributed by atoms with Gasteiger partial charge < -0.3 is 20.3 Å². The molecule has 0 radical (unpaired) electrons. The van der Waals surface area contributed by atoms with Crippen LogP contribution in [0.3, 0.4) is 0 Å². The van der Waals surface area contributed by atoms with Crippen LogP contribution in [0.5, 0.6) is 0 Å². The van der Waals surface area contributed by atoms with Crippen molar-refractivity contribution < 1.29 is 19.7 Å². The molecule has 2 atom stereocenters. The lowest BCUT2D eigenvalue weighted by molar-refractivity contribution is 0.0138. The smallest absolute Gasteiger partial charge is 0.407 e. The van der Waals surface area contributed by atoms with E-state index < -0.39 is 18.3 Å². The first-order valence-electron chi connectivity index (χ1n) is 6.86. The Balaban J connectivity index is 1.75. The number of benzene rings is 1. The lowest BCUT2D eigenvalue weighted by Gasteiger charge is -2.18. The third-order valence-corrected chi connectivity index (χ3v) is 3.19. The van der Waals surface area contributed by atoms with E-state index in [2.05, 4.69) is 10.4 Å². The zero-order valence-electron chi connectivity index (χ0n) is 12.2. The average molecular weight is 305 g/mol. The number of carbonyl (C=O) groups is 1. The molecule has 0 aliphatic heterocycles. The summed E-state index contributed by atoms with van der Waals surface area (Å²) < 4.78 is 6.47. The predicted molar refractivity (Wildman–Crippen MR) is 78.8 cm³/mol. The summed E-state index contributed by atoms with van der Waals surface area (Å²) in [5, 5.41) is 26.2. The molecule has 2 unspecified atom stereocenters. The minimum absolute atomic E-state index is 0.125. The Morgan fingerprint density at radius 1 is 1.32 bits per heavy atom. The zero-order chi connectivity index (χ0) is 15.9. The Hall–Kier alpha value is -2.38. The fourth-order valence-electron chi connectivity index (χ4n) is 1.95. The van der Waals surface area contributed by atoms with Crippen molar-refractivity contribution in [3.05, 3.63) is 53.9 Å². The molecular formula is C15H19N3O4. The predicted octanol–water partition coefficient (Wildman–Crippen LogP) is 0.741. The van der Waals surface area contributed by atoms with E-state index in [0.717, 1.165) is 5.56 Å². The summed E-state index contributed by atoms with van der Waals surface area (Å²) in [5.41, 5.74) is 1.33. The fourth-order valence-corrected chi connectivity index (χ4v) is 1.95. The van der Waals surface area contributed by atoms with Crippen LogP contribution in [0, 0.1) is 0 Å². The molecule has 0 bridgehead atoms. The molecule has 2 rings (SSSR count). The van der Waals surface area contributed by atoms with Crippen LogP contribution >= 0.6 is 0 Å². The summed E-state index contributed by atoms with van der Waals surface area (Å²) in [6.07, 6.45) is -1.42. The second kappa shape index (κ2) is 7.58. The second-order valence-electron chi connectivity index (χ2n) is 4.83. The number of nitrogens with zero attached hydrogens (tertiary/aromatic N) is 2. The highest BCUT2D eigenvalue weighted by atomic mass is 16.5. The third kappa shape index (κ3) is 4.31. The average Bonchev–Trinajstić information content (AvgIpc) is 2.96. The molecule has 1 heterocycles. The molecule has 0 aliphatic carbocycles. The van der Waals surface area contributed by atoms with Crippen LogP contribution in [-0.4, -0.2) is 38.7 Å². The third-order valence-electron chi connectivity index (χ3n) is 3.19. The maximum absolute atomic E-state index is 11.6. The number of hydrogen-bond acceptors (Lipinski definition) is 5. The molecule has 1 aromatic heterocycles. The molecule has 0 spiro atoms. The normalized spacial score (nSPS) is 13.4. The molecule has 7 nitrogen and oxygen atoms in total. The van der Waals surface area contributed by atoms with Gasteiger partial charge in [0.15, 0.2) is 0 Å². The van der Waals surface area contributed by atoms with Crippen molar-refractivity contribution in [2.24, 2.45) is 7.05 Å². The maximum atomic E-state index is 11.6. The van der Waals surface area contributed by atoms with Crippen molar-refractivity contribution >= 4 is 6.09 Å². The van der Waals surface area contributed by atoms with E-state index >= 15 is 0 Å². The molecule has 0 saturated heterocycles. The molecule has 22 heavy (non-hydrogen) atoms. The van der Waals surface area contributed by atoms with Crippen LogP contribution in [-0.2, 0) is 18.4 Å². The van der Waals surface area contributed by atoms with Gasteiger partial charge in [0, 0.05) is 19.8 Å². The van der Waals surface area contributed by atoms with E-state index in [1.165, 1.54) is 10.9 Å². The van der Waals surface area contributed by atoms with Gasteiger partial charge in [-0.1, -0.05) is 30.3 Å². The standard InChI is InChI=1S/C15H19N3O4/c1-18-12(7-8-17-18)14(20)13(19)9-16-15(21)22-10-11-5-3-2-4-6-11/h2-8,13-14,19-20H,9-10H2,1H3,(H,16,21). The van der Waals surface area contributed by atoms with Crippen molar-refractivity contribution in [2.75, 3.05) is 6.54 Å². The number of nitrogens with one attached hydrogen (secondary N) is 1. The molecule has 1 aromatic carbocycles. The summed E-state index contributed by atoms with van der Waals surface area (Å²) >= 11 is 0. The lowest BCUT2D eigenvalue weighted by atomic mass is 10.1. The number of hydrogen-bond donors (Lipinski definition) is 3. The molecule has 0 aliphatic rings. The maximum Gasteiger partial charge on any atom is 0.407 e. The van der Waals surface area contributed by atoms with Crippen molar-refractivity contribution in [3.8, 4) is 0 Å². The first kappa shape index (κ1) is 16.0. The van der Waals surface area contributed by atoms with Crippen molar-refractivity contribution in [1.82, 2.24) is 15.1 Å². The number of alkyl carbamates (subject to hydrolysis) is 1. The Labute approximate surface area is 128 Å². The van der Waals surface area contributed by atoms with E-state index in [0.29, 0.717) is 5.69 Å². The van der Waals surface area contributed by atoms with Gasteiger partial charge in [0.05, 0.1) is 5.69 Å². The summed E-state index contributed by atoms with van der Waals surface area (Å²) in [6, 6.07) is 10.9. The number of aliphatic hydroxyl groups is 2. The summed E-state index contributed by atoms with van der Waals surface area (Å²) in [6.45, 7) is 0.0209. The van der Waals surface area contributed by atoms with Crippen LogP contribution in [0.25, 0.3) is 0 Å². The van der Waals surface area contributed by atoms with Gasteiger partial charge in [0.2, 0.25) is 0 Å². The van der Waals surface area contributed by atoms with E-state index in [4.69, 9.17) is 4.74 Å². The van der Waals surface area contributed by atoms with Crippen molar-refractivity contribution in [2.45, 2.75) is 18.8 Å². The number of carbonyl (C=O) groups excluding carboxylic acids is 1. The summed E-state index contributed by atoms with van der Waals surface area (Å²) in [5.74, 6) is 0. The quantitative estimate of drug-likeness (QED) is 0.731. The van der Waals surface area contributed by atoms with Gasteiger partial charge in [-0.05, 0) is 11.6 Å². The van der Waals surface area contributed by atoms with E-state index in [1.807, 2.05) is 30.3 Å². The Bertz CT molecular complexity index is 600. The molecule has 3 N–H and O–H groups in total. The zero-order valence-corrected chi connectivity index (χ0v) is 12.2. The van der Waals surface area contributed by atoms with Crippen LogP contribution in [0.1, 0.15) is 17.4 Å². The number of aliphatic hydroxyl groups excluding tert-OH is 2. The van der Waals surface area contributed by atoms with E-state index in [-0.39, 0.29) is 13.2 Å². The van der Waals surface area contributed by atoms with Crippen molar-refractivity contribution in [1.29, 1.82) is 0 Å². The van der Waals surface area contributed by atoms with Gasteiger partial charge in [0.25, 0.3) is 0 Å². The monoisotopic (exact) mass is 305 g/mol. The Kier molecular flexibility index (Phi) is 5.51. The van der Waals surface area contributed by atoms with Gasteiger partial charge in [-0.15, -0.1) is 0 Å². The topological polar surface area (TPSA) is 96.6 Å². The largest absolute Gasteiger partial charge is 0.445 e. The number of aromatic nitrogens is 2. The molecule has 1 amide bonds. The van der Waals surface area contributed by atoms with Gasteiger partial charge in [-0.2, -0.15) is 5.10 Å². The fraction of sp³-hybridized carbons (Fsp3) is 0.333. The van der Waals surface area contributed by atoms with Crippen LogP contribution in [0.2, 0.25) is 0 Å². The molecule has 0 saturated carbocycles. The lowest BCUT2D eigenvalue weighted by Crippen LogP contribution is -2.36. The first-order valence-corrected chi connectivity index (χ1v) is 6.86. The number of ether oxygens (including phenoxy) is 1. The minimum atomic E-state index is -1.15. The summed E-state index contributed by atoms with van der Waals surface area (Å²) in [7, 11) is 1.66. The molecular weight excluding hydrogens is 286 g/mol. The molecule has 2 aromatic rings. The highest BCUT2D eigenvalue weighted by Gasteiger charge is 2.21. The second-order valence-corrected chi connectivity index (χ2v) is 4.83. The van der Waals surface area contributed by atoms with E-state index in [1.54, 1.807) is 13.1 Å². The highest BCUT2D eigenvalue weighted by molar-refractivity contribution is 5.67. The Morgan fingerprint density at radius 3 is 2.68 bits per heavy atom. The summed E-state index contributed by atoms with van der Waals surface area (Å²) in [4.78, 5) is 11.6. The van der Waals surface area contributed by atoms with Crippen LogP contribution < -0.4 is 5.32 Å². The first-order chi connectivity index (χ1) is 10.6. The Morgan fingerprint density at radius 2 is 2.05 bits per heavy atom. The molecule has 0 fully saturated rings. The molecule has 118 valence electrons. The van der Waals surface area contributed by atoms with Crippen LogP contribution in [0.4, 0.5) is 4.79 Å². The van der Waals surface area contributed by atoms with Gasteiger partial charge in [-0.25, -0.2) is 4.79 Å². The van der Waals surface area contributed by atoms with Gasteiger partial charge in [0.1, 0.15) is 18.8 Å². The van der Waals surface area contributed by atoms with E-state index in [9.17, 15) is 15.0 Å². The van der Waals surface area contributed by atoms with Crippen molar-refractivity contribution in [3.63, 3.8) is 0 Å². The minimum Gasteiger partial charge on any atom is -0.445 e. The van der Waals surface area contributed by atoms with Gasteiger partial charge >= 0.3 is 6.09 Å². The SMILES string of the molecule is Cn1nccc1C(O)C(O)CNC(=O)OCc1ccccc1. The highest BCUT2D eigenvalue weighted by Crippen LogP contribution is 2.15. The molecule has 7 heteroatoms. The van der Waals surface area contributed by atoms with Crippen LogP contribution in [0.15, 0.2) is 42.6 Å². The number of rotatable bonds is 6. The number of aryl methyl sites for hydroxylation is 1. The number of amides is 1.